The molecule has 0 radical (unpaired) electrons. The maximum absolute atomic E-state index is 13.1. The number of sulfonamides is 1. The monoisotopic (exact) mass is 533 g/mol. The minimum Gasteiger partial charge on any atom is -0.493 e. The van der Waals surface area contributed by atoms with Crippen LogP contribution in [0.15, 0.2) is 65.6 Å². The lowest BCUT2D eigenvalue weighted by Gasteiger charge is -2.20. The van der Waals surface area contributed by atoms with Gasteiger partial charge in [-0.05, 0) is 42.5 Å². The minimum absolute atomic E-state index is 0.0263. The van der Waals surface area contributed by atoms with E-state index in [1.807, 2.05) is 0 Å². The van der Waals surface area contributed by atoms with Gasteiger partial charge in [0.1, 0.15) is 0 Å². The lowest BCUT2D eigenvalue weighted by atomic mass is 10.1. The van der Waals surface area contributed by atoms with Crippen molar-refractivity contribution >= 4 is 39.1 Å². The summed E-state index contributed by atoms with van der Waals surface area (Å²) in [7, 11) is 1.64. The molecule has 0 unspecified atom stereocenters. The van der Waals surface area contributed by atoms with E-state index in [0.29, 0.717) is 11.4 Å². The van der Waals surface area contributed by atoms with E-state index in [1.54, 1.807) is 30.3 Å². The molecule has 0 atom stereocenters. The minimum atomic E-state index is -4.00. The van der Waals surface area contributed by atoms with Gasteiger partial charge in [-0.3, -0.25) is 9.10 Å². The number of carbonyl (C=O) groups excluding carboxylic acids is 2. The second kappa shape index (κ2) is 11.3. The van der Waals surface area contributed by atoms with Crippen molar-refractivity contribution in [2.24, 2.45) is 0 Å². The average molecular weight is 534 g/mol. The zero-order chi connectivity index (χ0) is 26.5. The number of hydrogen-bond donors (Lipinski definition) is 0. The molecule has 0 heterocycles. The Labute approximate surface area is 214 Å². The predicted molar refractivity (Wildman–Crippen MR) is 134 cm³/mol. The molecule has 0 aliphatic carbocycles. The van der Waals surface area contributed by atoms with Crippen LogP contribution < -0.4 is 18.5 Å². The number of hydrogen-bond acceptors (Lipinski definition) is 8. The van der Waals surface area contributed by atoms with Gasteiger partial charge in [0.25, 0.3) is 10.0 Å². The summed E-state index contributed by atoms with van der Waals surface area (Å²) in [6.07, 6.45) is 0. The smallest absolute Gasteiger partial charge is 0.340 e. The standard InChI is InChI=1S/C25H24ClNO8S/c1-27(17-8-6-5-7-9-17)36(30,31)18-10-11-20(26)19(14-18)25(29)35-15-21(28)16-12-22(32-2)24(34-4)23(13-16)33-3/h5-14H,15H2,1-4H3. The van der Waals surface area contributed by atoms with Crippen LogP contribution in [-0.4, -0.2) is 55.2 Å². The zero-order valence-electron chi connectivity index (χ0n) is 20.0. The number of ketones is 1. The first-order valence-corrected chi connectivity index (χ1v) is 12.3. The number of methoxy groups -OCH3 is 3. The maximum Gasteiger partial charge on any atom is 0.340 e. The summed E-state index contributed by atoms with van der Waals surface area (Å²) >= 11 is 6.14. The molecule has 0 aliphatic heterocycles. The molecule has 0 saturated heterocycles. The Balaban J connectivity index is 1.81. The van der Waals surface area contributed by atoms with Crippen LogP contribution in [0.2, 0.25) is 5.02 Å². The van der Waals surface area contributed by atoms with E-state index in [0.717, 1.165) is 10.4 Å². The number of esters is 1. The highest BCUT2D eigenvalue weighted by Gasteiger charge is 2.25. The van der Waals surface area contributed by atoms with Gasteiger partial charge in [0.05, 0.1) is 42.5 Å². The Kier molecular flexibility index (Phi) is 8.44. The number of para-hydroxylation sites is 1. The number of Topliss-reactive ketones (excluding diaryl/α,β-unsaturated/α-hetero) is 1. The highest BCUT2D eigenvalue weighted by molar-refractivity contribution is 7.92. The molecule has 36 heavy (non-hydrogen) atoms. The highest BCUT2D eigenvalue weighted by Crippen LogP contribution is 2.38. The Bertz CT molecular complexity index is 1350. The normalized spacial score (nSPS) is 10.9. The summed E-state index contributed by atoms with van der Waals surface area (Å²) in [5, 5.41) is -0.0263. The molecule has 0 fully saturated rings. The Morgan fingerprint density at radius 2 is 1.50 bits per heavy atom. The van der Waals surface area contributed by atoms with Crippen molar-refractivity contribution in [2.75, 3.05) is 39.3 Å². The molecule has 0 aromatic heterocycles. The summed E-state index contributed by atoms with van der Waals surface area (Å²) in [6, 6.07) is 15.0. The van der Waals surface area contributed by atoms with Gasteiger partial charge in [0, 0.05) is 12.6 Å². The SMILES string of the molecule is COc1cc(C(=O)COC(=O)c2cc(S(=O)(=O)N(C)c3ccccc3)ccc2Cl)cc(OC)c1OC. The summed E-state index contributed by atoms with van der Waals surface area (Å²) in [5.41, 5.74) is 0.397. The van der Waals surface area contributed by atoms with Crippen LogP contribution in [0.4, 0.5) is 5.69 Å². The van der Waals surface area contributed by atoms with Gasteiger partial charge in [-0.2, -0.15) is 0 Å². The largest absolute Gasteiger partial charge is 0.493 e. The van der Waals surface area contributed by atoms with E-state index >= 15 is 0 Å². The van der Waals surface area contributed by atoms with Gasteiger partial charge in [0.15, 0.2) is 18.1 Å². The fourth-order valence-corrected chi connectivity index (χ4v) is 4.71. The van der Waals surface area contributed by atoms with Crippen LogP contribution in [0.1, 0.15) is 20.7 Å². The van der Waals surface area contributed by atoms with Crippen LogP contribution in [0, 0.1) is 0 Å². The number of rotatable bonds is 10. The number of halogens is 1. The van der Waals surface area contributed by atoms with Crippen LogP contribution in [0.25, 0.3) is 0 Å². The lowest BCUT2D eigenvalue weighted by molar-refractivity contribution is 0.0474. The molecular weight excluding hydrogens is 510 g/mol. The Morgan fingerprint density at radius 1 is 0.889 bits per heavy atom. The van der Waals surface area contributed by atoms with E-state index in [1.165, 1.54) is 52.6 Å². The van der Waals surface area contributed by atoms with E-state index in [9.17, 15) is 18.0 Å². The number of nitrogens with zero attached hydrogens (tertiary/aromatic N) is 1. The molecule has 0 aliphatic rings. The first-order valence-electron chi connectivity index (χ1n) is 10.5. The third-order valence-corrected chi connectivity index (χ3v) is 7.37. The lowest BCUT2D eigenvalue weighted by Crippen LogP contribution is -2.26. The van der Waals surface area contributed by atoms with E-state index in [4.69, 9.17) is 30.5 Å². The van der Waals surface area contributed by atoms with Crippen molar-refractivity contribution in [1.82, 2.24) is 0 Å². The van der Waals surface area contributed by atoms with Gasteiger partial charge in [-0.15, -0.1) is 0 Å². The van der Waals surface area contributed by atoms with Crippen molar-refractivity contribution < 1.29 is 37.0 Å². The van der Waals surface area contributed by atoms with Crippen molar-refractivity contribution in [3.8, 4) is 17.2 Å². The maximum atomic E-state index is 13.1. The highest BCUT2D eigenvalue weighted by atomic mass is 35.5. The Morgan fingerprint density at radius 3 is 2.06 bits per heavy atom. The molecule has 0 bridgehead atoms. The fourth-order valence-electron chi connectivity index (χ4n) is 3.29. The third-order valence-electron chi connectivity index (χ3n) is 5.26. The van der Waals surface area contributed by atoms with Crippen LogP contribution in [0.5, 0.6) is 17.2 Å². The average Bonchev–Trinajstić information content (AvgIpc) is 2.90. The van der Waals surface area contributed by atoms with Gasteiger partial charge < -0.3 is 18.9 Å². The molecule has 9 nitrogen and oxygen atoms in total. The number of anilines is 1. The van der Waals surface area contributed by atoms with E-state index in [2.05, 4.69) is 0 Å². The van der Waals surface area contributed by atoms with E-state index < -0.39 is 28.4 Å². The molecule has 190 valence electrons. The number of benzene rings is 3. The third kappa shape index (κ3) is 5.55. The molecule has 11 heteroatoms. The van der Waals surface area contributed by atoms with Crippen molar-refractivity contribution in [1.29, 1.82) is 0 Å². The molecule has 3 aromatic carbocycles. The van der Waals surface area contributed by atoms with Gasteiger partial charge >= 0.3 is 5.97 Å². The first kappa shape index (κ1) is 26.8. The Hall–Kier alpha value is -3.76. The molecule has 3 aromatic rings. The molecule has 0 spiro atoms. The quantitative estimate of drug-likeness (QED) is 0.281. The summed E-state index contributed by atoms with van der Waals surface area (Å²) < 4.78 is 48.1. The molecule has 0 N–H and O–H groups in total. The topological polar surface area (TPSA) is 108 Å². The molecule has 0 saturated carbocycles. The first-order chi connectivity index (χ1) is 17.1. The van der Waals surface area contributed by atoms with Crippen LogP contribution in [0.3, 0.4) is 0 Å². The second-order valence-corrected chi connectivity index (χ2v) is 9.74. The van der Waals surface area contributed by atoms with Crippen molar-refractivity contribution in [3.63, 3.8) is 0 Å². The zero-order valence-corrected chi connectivity index (χ0v) is 21.6. The van der Waals surface area contributed by atoms with Crippen molar-refractivity contribution in [3.05, 3.63) is 76.8 Å². The number of ether oxygens (including phenoxy) is 4. The fraction of sp³-hybridized carbons (Fsp3) is 0.200. The van der Waals surface area contributed by atoms with Gasteiger partial charge in [-0.1, -0.05) is 29.8 Å². The molecule has 3 rings (SSSR count). The number of carbonyl (C=O) groups is 2. The molecular formula is C25H24ClNO8S. The summed E-state index contributed by atoms with van der Waals surface area (Å²) in [6.45, 7) is -0.630. The van der Waals surface area contributed by atoms with Gasteiger partial charge in [-0.25, -0.2) is 13.2 Å². The summed E-state index contributed by atoms with van der Waals surface area (Å²) in [4.78, 5) is 25.3. The predicted octanol–water partition coefficient (Wildman–Crippen LogP) is 4.23. The van der Waals surface area contributed by atoms with Gasteiger partial charge in [0.2, 0.25) is 11.5 Å². The van der Waals surface area contributed by atoms with Crippen molar-refractivity contribution in [2.45, 2.75) is 4.90 Å². The summed E-state index contributed by atoms with van der Waals surface area (Å²) in [5.74, 6) is -0.685. The van der Waals surface area contributed by atoms with E-state index in [-0.39, 0.29) is 32.5 Å². The molecule has 0 amide bonds. The van der Waals surface area contributed by atoms with Crippen LogP contribution >= 0.6 is 11.6 Å². The van der Waals surface area contributed by atoms with Crippen LogP contribution in [-0.2, 0) is 14.8 Å². The second-order valence-electron chi connectivity index (χ2n) is 7.36.